The van der Waals surface area contributed by atoms with E-state index in [0.717, 1.165) is 12.8 Å². The van der Waals surface area contributed by atoms with Crippen molar-refractivity contribution in [3.8, 4) is 5.75 Å². The van der Waals surface area contributed by atoms with Crippen molar-refractivity contribution in [3.63, 3.8) is 0 Å². The summed E-state index contributed by atoms with van der Waals surface area (Å²) in [5.74, 6) is -0.287. The molecule has 28 heavy (non-hydrogen) atoms. The minimum atomic E-state index is -0.436. The van der Waals surface area contributed by atoms with Gasteiger partial charge in [0.1, 0.15) is 5.75 Å². The Morgan fingerprint density at radius 2 is 1.46 bits per heavy atom. The van der Waals surface area contributed by atoms with Crippen molar-refractivity contribution in [2.24, 2.45) is 0 Å². The molecular weight excluding hydrogens is 356 g/mol. The number of amides is 2. The third-order valence-corrected chi connectivity index (χ3v) is 4.14. The number of rotatable bonds is 9. The molecule has 0 bridgehead atoms. The normalized spacial score (nSPS) is 10.2. The highest BCUT2D eigenvalue weighted by Gasteiger charge is 2.11. The summed E-state index contributed by atoms with van der Waals surface area (Å²) in [6.07, 6.45) is 2.11. The lowest BCUT2D eigenvalue weighted by atomic mass is 10.0. The van der Waals surface area contributed by atoms with Crippen molar-refractivity contribution in [3.05, 3.63) is 65.2 Å². The van der Waals surface area contributed by atoms with E-state index >= 15 is 0 Å². The highest BCUT2D eigenvalue weighted by Crippen LogP contribution is 2.12. The van der Waals surface area contributed by atoms with Crippen molar-refractivity contribution >= 4 is 17.6 Å². The molecule has 2 aromatic rings. The number of ether oxygens (including phenoxy) is 1. The van der Waals surface area contributed by atoms with E-state index in [9.17, 15) is 14.4 Å². The second kappa shape index (κ2) is 10.9. The van der Waals surface area contributed by atoms with Crippen LogP contribution in [0.4, 0.5) is 0 Å². The fraction of sp³-hybridized carbons (Fsp3) is 0.318. The first-order valence-electron chi connectivity index (χ1n) is 9.47. The van der Waals surface area contributed by atoms with Crippen LogP contribution in [0.3, 0.4) is 0 Å². The maximum Gasteiger partial charge on any atom is 0.269 e. The van der Waals surface area contributed by atoms with Gasteiger partial charge in [-0.1, -0.05) is 37.6 Å². The Balaban J connectivity index is 1.75. The molecular formula is C22H26N2O4. The average Bonchev–Trinajstić information content (AvgIpc) is 2.72. The third-order valence-electron chi connectivity index (χ3n) is 4.14. The van der Waals surface area contributed by atoms with Crippen molar-refractivity contribution in [2.45, 2.75) is 39.5 Å². The molecule has 0 fully saturated rings. The number of nitrogens with one attached hydrogen (secondary N) is 2. The van der Waals surface area contributed by atoms with Gasteiger partial charge >= 0.3 is 0 Å². The van der Waals surface area contributed by atoms with E-state index in [4.69, 9.17) is 4.74 Å². The molecule has 0 saturated carbocycles. The lowest BCUT2D eigenvalue weighted by molar-refractivity contribution is -0.121. The number of carbonyl (C=O) groups is 3. The number of ketones is 1. The van der Waals surface area contributed by atoms with Gasteiger partial charge in [-0.2, -0.15) is 0 Å². The minimum Gasteiger partial charge on any atom is -0.494 e. The van der Waals surface area contributed by atoms with E-state index in [-0.39, 0.29) is 18.6 Å². The van der Waals surface area contributed by atoms with E-state index in [2.05, 4.69) is 17.8 Å². The number of Topliss-reactive ketones (excluding diaryl/α,β-unsaturated/α-hetero) is 1. The van der Waals surface area contributed by atoms with E-state index in [1.165, 1.54) is 5.56 Å². The lowest BCUT2D eigenvalue weighted by Crippen LogP contribution is -2.41. The van der Waals surface area contributed by atoms with Gasteiger partial charge in [-0.25, -0.2) is 0 Å². The standard InChI is InChI=1S/C22H26N2O4/c1-3-5-16-6-8-17(9-7-16)20(25)14-15-21(26)23-24-22(27)18-10-12-19(13-11-18)28-4-2/h6-13H,3-5,14-15H2,1-2H3,(H,23,26)(H,24,27). The summed E-state index contributed by atoms with van der Waals surface area (Å²) < 4.78 is 5.31. The first-order chi connectivity index (χ1) is 13.5. The predicted octanol–water partition coefficient (Wildman–Crippen LogP) is 3.46. The van der Waals surface area contributed by atoms with Crippen LogP contribution in [0.1, 0.15) is 59.4 Å². The molecule has 0 spiro atoms. The monoisotopic (exact) mass is 382 g/mol. The van der Waals surface area contributed by atoms with Gasteiger partial charge in [-0.3, -0.25) is 25.2 Å². The Morgan fingerprint density at radius 3 is 2.07 bits per heavy atom. The van der Waals surface area contributed by atoms with Crippen LogP contribution in [0, 0.1) is 0 Å². The summed E-state index contributed by atoms with van der Waals surface area (Å²) in [7, 11) is 0. The van der Waals surface area contributed by atoms with Gasteiger partial charge in [-0.15, -0.1) is 0 Å². The highest BCUT2D eigenvalue weighted by atomic mass is 16.5. The molecule has 2 amide bonds. The third kappa shape index (κ3) is 6.54. The molecule has 0 aliphatic rings. The van der Waals surface area contributed by atoms with E-state index in [1.54, 1.807) is 36.4 Å². The molecule has 148 valence electrons. The number of hydrogen-bond donors (Lipinski definition) is 2. The Labute approximate surface area is 165 Å². The van der Waals surface area contributed by atoms with E-state index < -0.39 is 11.8 Å². The quantitative estimate of drug-likeness (QED) is 0.514. The summed E-state index contributed by atoms with van der Waals surface area (Å²) >= 11 is 0. The Kier molecular flexibility index (Phi) is 8.21. The Morgan fingerprint density at radius 1 is 0.821 bits per heavy atom. The number of aryl methyl sites for hydroxylation is 1. The van der Waals surface area contributed by atoms with Gasteiger partial charge in [0.05, 0.1) is 6.61 Å². The van der Waals surface area contributed by atoms with Gasteiger partial charge < -0.3 is 4.74 Å². The fourth-order valence-electron chi connectivity index (χ4n) is 2.65. The summed E-state index contributed by atoms with van der Waals surface area (Å²) in [6.45, 7) is 4.53. The molecule has 0 unspecified atom stereocenters. The summed E-state index contributed by atoms with van der Waals surface area (Å²) in [6, 6.07) is 14.0. The van der Waals surface area contributed by atoms with Crippen LogP contribution in [-0.2, 0) is 11.2 Å². The average molecular weight is 382 g/mol. The number of hydrogen-bond acceptors (Lipinski definition) is 4. The van der Waals surface area contributed by atoms with Crippen molar-refractivity contribution in [1.82, 2.24) is 10.9 Å². The summed E-state index contributed by atoms with van der Waals surface area (Å²) in [5.41, 5.74) is 6.85. The molecule has 6 nitrogen and oxygen atoms in total. The largest absolute Gasteiger partial charge is 0.494 e. The fourth-order valence-corrected chi connectivity index (χ4v) is 2.65. The molecule has 2 rings (SSSR count). The van der Waals surface area contributed by atoms with Gasteiger partial charge in [0.2, 0.25) is 5.91 Å². The molecule has 6 heteroatoms. The molecule has 2 N–H and O–H groups in total. The smallest absolute Gasteiger partial charge is 0.269 e. The molecule has 0 heterocycles. The topological polar surface area (TPSA) is 84.5 Å². The Bertz CT molecular complexity index is 731. The summed E-state index contributed by atoms with van der Waals surface area (Å²) in [5, 5.41) is 0. The number of benzene rings is 2. The van der Waals surface area contributed by atoms with Gasteiger partial charge in [0, 0.05) is 24.0 Å². The first-order valence-corrected chi connectivity index (χ1v) is 9.47. The van der Waals surface area contributed by atoms with Crippen LogP contribution in [-0.4, -0.2) is 24.2 Å². The second-order valence-electron chi connectivity index (χ2n) is 6.33. The molecule has 0 aliphatic heterocycles. The maximum absolute atomic E-state index is 12.2. The second-order valence-corrected chi connectivity index (χ2v) is 6.33. The maximum atomic E-state index is 12.2. The highest BCUT2D eigenvalue weighted by molar-refractivity contribution is 5.98. The Hall–Kier alpha value is -3.15. The zero-order valence-electron chi connectivity index (χ0n) is 16.3. The van der Waals surface area contributed by atoms with Crippen LogP contribution >= 0.6 is 0 Å². The molecule has 0 aromatic heterocycles. The predicted molar refractivity (Wildman–Crippen MR) is 107 cm³/mol. The van der Waals surface area contributed by atoms with E-state index in [1.807, 2.05) is 19.1 Å². The first kappa shape index (κ1) is 21.2. The minimum absolute atomic E-state index is 0.000890. The van der Waals surface area contributed by atoms with Crippen LogP contribution in [0.5, 0.6) is 5.75 Å². The van der Waals surface area contributed by atoms with Crippen molar-refractivity contribution in [2.75, 3.05) is 6.61 Å². The van der Waals surface area contributed by atoms with Crippen molar-refractivity contribution < 1.29 is 19.1 Å². The molecule has 0 aliphatic carbocycles. The number of carbonyl (C=O) groups excluding carboxylic acids is 3. The molecule has 0 radical (unpaired) electrons. The molecule has 2 aromatic carbocycles. The molecule has 0 atom stereocenters. The van der Waals surface area contributed by atoms with Crippen LogP contribution in [0.15, 0.2) is 48.5 Å². The van der Waals surface area contributed by atoms with Gasteiger partial charge in [0.15, 0.2) is 5.78 Å². The SMILES string of the molecule is CCCc1ccc(C(=O)CCC(=O)NNC(=O)c2ccc(OCC)cc2)cc1. The van der Waals surface area contributed by atoms with E-state index in [0.29, 0.717) is 23.5 Å². The molecule has 0 saturated heterocycles. The lowest BCUT2D eigenvalue weighted by Gasteiger charge is -2.08. The zero-order valence-corrected chi connectivity index (χ0v) is 16.3. The van der Waals surface area contributed by atoms with Crippen LogP contribution in [0.2, 0.25) is 0 Å². The zero-order chi connectivity index (χ0) is 20.4. The van der Waals surface area contributed by atoms with Crippen LogP contribution < -0.4 is 15.6 Å². The van der Waals surface area contributed by atoms with Crippen molar-refractivity contribution in [1.29, 1.82) is 0 Å². The number of hydrazine groups is 1. The van der Waals surface area contributed by atoms with Gasteiger partial charge in [0.25, 0.3) is 5.91 Å². The van der Waals surface area contributed by atoms with Gasteiger partial charge in [-0.05, 0) is 43.2 Å². The summed E-state index contributed by atoms with van der Waals surface area (Å²) in [4.78, 5) is 36.1. The van der Waals surface area contributed by atoms with Crippen LogP contribution in [0.25, 0.3) is 0 Å².